The first-order valence-corrected chi connectivity index (χ1v) is 15.4. The van der Waals surface area contributed by atoms with Crippen LogP contribution in [-0.4, -0.2) is 35.5 Å². The van der Waals surface area contributed by atoms with Gasteiger partial charge in [0.2, 0.25) is 11.8 Å². The maximum Gasteiger partial charge on any atom is 0.303 e. The number of carbonyl (C=O) groups is 3. The minimum atomic E-state index is -0.712. The van der Waals surface area contributed by atoms with Crippen molar-refractivity contribution in [3.63, 3.8) is 0 Å². The Balaban J connectivity index is 2.26. The molecule has 6 heteroatoms. The number of hydrogen-bond donors (Lipinski definition) is 3. The van der Waals surface area contributed by atoms with Gasteiger partial charge in [0.25, 0.3) is 0 Å². The van der Waals surface area contributed by atoms with Crippen molar-refractivity contribution in [3.05, 3.63) is 35.9 Å². The van der Waals surface area contributed by atoms with Crippen LogP contribution in [0.4, 0.5) is 0 Å². The van der Waals surface area contributed by atoms with Crippen molar-refractivity contribution in [2.75, 3.05) is 6.54 Å². The molecular weight excluding hydrogens is 476 g/mol. The van der Waals surface area contributed by atoms with Gasteiger partial charge in [-0.1, -0.05) is 127 Å². The fraction of sp³-hybridized carbons (Fsp3) is 0.719. The predicted molar refractivity (Wildman–Crippen MR) is 156 cm³/mol. The van der Waals surface area contributed by atoms with E-state index in [1.54, 1.807) is 0 Å². The molecule has 0 spiro atoms. The Morgan fingerprint density at radius 1 is 0.684 bits per heavy atom. The molecule has 6 nitrogen and oxygen atoms in total. The van der Waals surface area contributed by atoms with Crippen molar-refractivity contribution in [3.8, 4) is 0 Å². The van der Waals surface area contributed by atoms with E-state index < -0.39 is 12.0 Å². The zero-order valence-electron chi connectivity index (χ0n) is 24.0. The van der Waals surface area contributed by atoms with Crippen LogP contribution in [0.1, 0.15) is 134 Å². The second kappa shape index (κ2) is 23.7. The molecule has 0 aliphatic rings. The van der Waals surface area contributed by atoms with Gasteiger partial charge < -0.3 is 15.7 Å². The predicted octanol–water partition coefficient (Wildman–Crippen LogP) is 7.35. The summed E-state index contributed by atoms with van der Waals surface area (Å²) in [6, 6.07) is 9.32. The zero-order chi connectivity index (χ0) is 27.7. The summed E-state index contributed by atoms with van der Waals surface area (Å²) in [5, 5.41) is 14.7. The van der Waals surface area contributed by atoms with E-state index >= 15 is 0 Å². The molecule has 2 amide bonds. The van der Waals surface area contributed by atoms with Crippen LogP contribution in [0.2, 0.25) is 0 Å². The molecule has 1 aromatic rings. The number of carbonyl (C=O) groups excluding carboxylic acids is 2. The lowest BCUT2D eigenvalue weighted by molar-refractivity contribution is -0.137. The van der Waals surface area contributed by atoms with Crippen LogP contribution in [0.5, 0.6) is 0 Å². The summed E-state index contributed by atoms with van der Waals surface area (Å²) in [4.78, 5) is 36.1. The molecule has 1 aromatic carbocycles. The van der Waals surface area contributed by atoms with Crippen LogP contribution in [0, 0.1) is 0 Å². The molecule has 0 saturated heterocycles. The summed E-state index contributed by atoms with van der Waals surface area (Å²) in [7, 11) is 0. The smallest absolute Gasteiger partial charge is 0.303 e. The first-order chi connectivity index (χ1) is 18.5. The van der Waals surface area contributed by atoms with E-state index in [1.807, 2.05) is 30.3 Å². The normalized spacial score (nSPS) is 11.7. The van der Waals surface area contributed by atoms with Gasteiger partial charge in [0.05, 0.1) is 0 Å². The van der Waals surface area contributed by atoms with Crippen molar-refractivity contribution in [2.24, 2.45) is 0 Å². The molecule has 3 N–H and O–H groups in total. The average Bonchev–Trinajstić information content (AvgIpc) is 2.90. The average molecular weight is 531 g/mol. The molecule has 1 rings (SSSR count). The number of amides is 2. The number of carboxylic acid groups (broad SMARTS) is 1. The number of rotatable bonds is 25. The Kier molecular flexibility index (Phi) is 21.0. The van der Waals surface area contributed by atoms with E-state index in [4.69, 9.17) is 5.11 Å². The third kappa shape index (κ3) is 19.7. The lowest BCUT2D eigenvalue weighted by Gasteiger charge is -2.19. The first-order valence-electron chi connectivity index (χ1n) is 15.4. The lowest BCUT2D eigenvalue weighted by atomic mass is 10.0. The van der Waals surface area contributed by atoms with Crippen LogP contribution in [-0.2, 0) is 20.8 Å². The van der Waals surface area contributed by atoms with E-state index in [0.717, 1.165) is 69.8 Å². The van der Waals surface area contributed by atoms with Crippen LogP contribution >= 0.6 is 0 Å². The Morgan fingerprint density at radius 3 is 1.74 bits per heavy atom. The van der Waals surface area contributed by atoms with Gasteiger partial charge in [0.1, 0.15) is 6.04 Å². The molecule has 0 saturated carbocycles. The van der Waals surface area contributed by atoms with Crippen molar-refractivity contribution in [2.45, 2.75) is 141 Å². The minimum Gasteiger partial charge on any atom is -0.481 e. The van der Waals surface area contributed by atoms with E-state index in [2.05, 4.69) is 17.6 Å². The minimum absolute atomic E-state index is 0.0348. The fourth-order valence-corrected chi connectivity index (χ4v) is 4.72. The molecule has 0 heterocycles. The van der Waals surface area contributed by atoms with E-state index in [0.29, 0.717) is 19.4 Å². The lowest BCUT2D eigenvalue weighted by Crippen LogP contribution is -2.48. The van der Waals surface area contributed by atoms with Gasteiger partial charge in [0, 0.05) is 25.8 Å². The molecule has 1 atom stereocenters. The SMILES string of the molecule is CCCCCCCCCCCC(=O)N[C@H](Cc1ccccc1)C(=O)NCCCCCCCCCCC(=O)O. The molecule has 0 aliphatic heterocycles. The molecule has 216 valence electrons. The van der Waals surface area contributed by atoms with Crippen LogP contribution in [0.15, 0.2) is 30.3 Å². The van der Waals surface area contributed by atoms with Crippen molar-refractivity contribution in [1.82, 2.24) is 10.6 Å². The second-order valence-corrected chi connectivity index (χ2v) is 10.7. The van der Waals surface area contributed by atoms with Crippen molar-refractivity contribution < 1.29 is 19.5 Å². The van der Waals surface area contributed by atoms with Gasteiger partial charge in [-0.2, -0.15) is 0 Å². The monoisotopic (exact) mass is 530 g/mol. The quantitative estimate of drug-likeness (QED) is 0.115. The molecule has 38 heavy (non-hydrogen) atoms. The van der Waals surface area contributed by atoms with Crippen LogP contribution in [0.25, 0.3) is 0 Å². The Morgan fingerprint density at radius 2 is 1.18 bits per heavy atom. The van der Waals surface area contributed by atoms with E-state index in [9.17, 15) is 14.4 Å². The number of aliphatic carboxylic acids is 1. The third-order valence-corrected chi connectivity index (χ3v) is 7.06. The largest absolute Gasteiger partial charge is 0.481 e. The van der Waals surface area contributed by atoms with Gasteiger partial charge >= 0.3 is 5.97 Å². The third-order valence-electron chi connectivity index (χ3n) is 7.06. The molecule has 0 radical (unpaired) electrons. The summed E-state index contributed by atoms with van der Waals surface area (Å²) in [5.41, 5.74) is 1.04. The number of carboxylic acids is 1. The van der Waals surface area contributed by atoms with Gasteiger partial charge in [-0.05, 0) is 24.8 Å². The summed E-state index contributed by atoms with van der Waals surface area (Å²) < 4.78 is 0. The highest BCUT2D eigenvalue weighted by Crippen LogP contribution is 2.12. The highest BCUT2D eigenvalue weighted by molar-refractivity contribution is 5.87. The standard InChI is InChI=1S/C32H54N2O4/c1-2-3-4-5-6-7-10-13-19-24-30(35)34-29(27-28-22-17-16-18-23-28)32(38)33-26-21-15-12-9-8-11-14-20-25-31(36)37/h16-18,22-23,29H,2-15,19-21,24-27H2,1H3,(H,33,38)(H,34,35)(H,36,37)/t29-/m1/s1. The molecule has 0 aliphatic carbocycles. The maximum absolute atomic E-state index is 12.9. The van der Waals surface area contributed by atoms with Crippen molar-refractivity contribution in [1.29, 1.82) is 0 Å². The number of nitrogens with one attached hydrogen (secondary N) is 2. The molecular formula is C32H54N2O4. The maximum atomic E-state index is 12.9. The Hall–Kier alpha value is -2.37. The summed E-state index contributed by atoms with van der Waals surface area (Å²) >= 11 is 0. The summed E-state index contributed by atoms with van der Waals surface area (Å²) in [5.74, 6) is -0.850. The second-order valence-electron chi connectivity index (χ2n) is 10.7. The number of benzene rings is 1. The zero-order valence-corrected chi connectivity index (χ0v) is 24.0. The summed E-state index contributed by atoms with van der Waals surface area (Å²) in [6.45, 7) is 2.86. The van der Waals surface area contributed by atoms with Crippen LogP contribution in [0.3, 0.4) is 0 Å². The van der Waals surface area contributed by atoms with Gasteiger partial charge in [-0.25, -0.2) is 0 Å². The number of unbranched alkanes of at least 4 members (excludes halogenated alkanes) is 15. The van der Waals surface area contributed by atoms with Gasteiger partial charge in [0.15, 0.2) is 0 Å². The highest BCUT2D eigenvalue weighted by Gasteiger charge is 2.20. The topological polar surface area (TPSA) is 95.5 Å². The molecule has 0 unspecified atom stereocenters. The molecule has 0 aromatic heterocycles. The van der Waals surface area contributed by atoms with E-state index in [-0.39, 0.29) is 18.2 Å². The van der Waals surface area contributed by atoms with Crippen LogP contribution < -0.4 is 10.6 Å². The number of hydrogen-bond acceptors (Lipinski definition) is 3. The fourth-order valence-electron chi connectivity index (χ4n) is 4.72. The molecule has 0 fully saturated rings. The Bertz CT molecular complexity index is 738. The van der Waals surface area contributed by atoms with Crippen molar-refractivity contribution >= 4 is 17.8 Å². The van der Waals surface area contributed by atoms with Gasteiger partial charge in [-0.15, -0.1) is 0 Å². The summed E-state index contributed by atoms with van der Waals surface area (Å²) in [6.07, 6.45) is 20.4. The first kappa shape index (κ1) is 33.7. The molecule has 0 bridgehead atoms. The van der Waals surface area contributed by atoms with E-state index in [1.165, 1.54) is 44.9 Å². The van der Waals surface area contributed by atoms with Gasteiger partial charge in [-0.3, -0.25) is 14.4 Å². The Labute approximate surface area is 231 Å². The highest BCUT2D eigenvalue weighted by atomic mass is 16.4.